The van der Waals surface area contributed by atoms with Gasteiger partial charge in [-0.05, 0) is 17.9 Å². The maximum atomic E-state index is 11.0. The fraction of sp³-hybridized carbons (Fsp3) is 0.889. The number of methoxy groups -OCH3 is 1. The van der Waals surface area contributed by atoms with Crippen molar-refractivity contribution in [1.29, 1.82) is 0 Å². The maximum Gasteiger partial charge on any atom is 0.305 e. The summed E-state index contributed by atoms with van der Waals surface area (Å²) in [6.07, 6.45) is 0.413. The van der Waals surface area contributed by atoms with Gasteiger partial charge in [0.05, 0.1) is 13.5 Å². The first-order chi connectivity index (χ1) is 5.41. The number of rotatable bonds is 3. The molecule has 0 aliphatic heterocycles. The highest BCUT2D eigenvalue weighted by Gasteiger charge is 2.25. The average Bonchev–Trinajstić information content (AvgIpc) is 1.97. The molecule has 0 aliphatic rings. The van der Waals surface area contributed by atoms with Gasteiger partial charge in [0.15, 0.2) is 0 Å². The van der Waals surface area contributed by atoms with E-state index in [0.717, 1.165) is 0 Å². The van der Waals surface area contributed by atoms with Crippen molar-refractivity contribution in [2.24, 2.45) is 17.1 Å². The molecular formula is C9H19NO2. The molecule has 2 N–H and O–H groups in total. The third-order valence-electron chi connectivity index (χ3n) is 2.15. The van der Waals surface area contributed by atoms with Gasteiger partial charge in [-0.3, -0.25) is 4.79 Å². The van der Waals surface area contributed by atoms with Crippen LogP contribution in [0, 0.1) is 11.3 Å². The monoisotopic (exact) mass is 173 g/mol. The lowest BCUT2D eigenvalue weighted by atomic mass is 9.79. The largest absolute Gasteiger partial charge is 0.469 e. The molecule has 72 valence electrons. The number of esters is 1. The molecule has 0 heterocycles. The minimum Gasteiger partial charge on any atom is -0.469 e. The molecule has 0 bridgehead atoms. The number of nitrogens with two attached hydrogens (primary N) is 1. The zero-order valence-electron chi connectivity index (χ0n) is 8.39. The van der Waals surface area contributed by atoms with Crippen molar-refractivity contribution >= 4 is 5.97 Å². The molecule has 0 aromatic carbocycles. The van der Waals surface area contributed by atoms with E-state index in [1.165, 1.54) is 7.11 Å². The van der Waals surface area contributed by atoms with Crippen LogP contribution >= 0.6 is 0 Å². The van der Waals surface area contributed by atoms with Crippen LogP contribution < -0.4 is 5.73 Å². The molecule has 0 aromatic heterocycles. The van der Waals surface area contributed by atoms with Gasteiger partial charge in [0.25, 0.3) is 0 Å². The first-order valence-corrected chi connectivity index (χ1v) is 4.18. The summed E-state index contributed by atoms with van der Waals surface area (Å²) >= 11 is 0. The Balaban J connectivity index is 4.09. The van der Waals surface area contributed by atoms with Crippen molar-refractivity contribution in [3.8, 4) is 0 Å². The lowest BCUT2D eigenvalue weighted by Gasteiger charge is -2.28. The predicted octanol–water partition coefficient (Wildman–Crippen LogP) is 1.17. The van der Waals surface area contributed by atoms with E-state index in [2.05, 4.69) is 25.5 Å². The van der Waals surface area contributed by atoms with Gasteiger partial charge in [-0.1, -0.05) is 20.8 Å². The summed E-state index contributed by atoms with van der Waals surface area (Å²) in [7, 11) is 1.40. The first kappa shape index (κ1) is 11.4. The lowest BCUT2D eigenvalue weighted by molar-refractivity contribution is -0.142. The summed E-state index contributed by atoms with van der Waals surface area (Å²) in [4.78, 5) is 11.0. The highest BCUT2D eigenvalue weighted by Crippen LogP contribution is 2.27. The van der Waals surface area contributed by atoms with Gasteiger partial charge in [-0.15, -0.1) is 0 Å². The summed E-state index contributed by atoms with van der Waals surface area (Å²) in [5.74, 6) is 0.0188. The van der Waals surface area contributed by atoms with Gasteiger partial charge in [0.2, 0.25) is 0 Å². The van der Waals surface area contributed by atoms with E-state index < -0.39 is 0 Å². The normalized spacial score (nSPS) is 14.1. The van der Waals surface area contributed by atoms with Crippen LogP contribution in [0.3, 0.4) is 0 Å². The Morgan fingerprint density at radius 1 is 1.50 bits per heavy atom. The summed E-state index contributed by atoms with van der Waals surface area (Å²) in [6.45, 7) is 6.76. The molecule has 1 atom stereocenters. The smallest absolute Gasteiger partial charge is 0.305 e. The van der Waals surface area contributed by atoms with Gasteiger partial charge >= 0.3 is 5.97 Å². The Morgan fingerprint density at radius 3 is 2.25 bits per heavy atom. The molecule has 0 saturated carbocycles. The van der Waals surface area contributed by atoms with Crippen LogP contribution in [0.25, 0.3) is 0 Å². The molecule has 0 aliphatic carbocycles. The fourth-order valence-corrected chi connectivity index (χ4v) is 1.03. The van der Waals surface area contributed by atoms with Crippen LogP contribution in [0.15, 0.2) is 0 Å². The SMILES string of the molecule is COC(=O)CC(CN)C(C)(C)C. The van der Waals surface area contributed by atoms with Crippen LogP contribution in [0.5, 0.6) is 0 Å². The third-order valence-corrected chi connectivity index (χ3v) is 2.15. The Morgan fingerprint density at radius 2 is 2.00 bits per heavy atom. The molecule has 0 saturated heterocycles. The van der Waals surface area contributed by atoms with E-state index in [9.17, 15) is 4.79 Å². The molecule has 0 amide bonds. The lowest BCUT2D eigenvalue weighted by Crippen LogP contribution is -2.30. The molecule has 0 rings (SSSR count). The second-order valence-corrected chi connectivity index (χ2v) is 4.08. The number of carbonyl (C=O) groups is 1. The van der Waals surface area contributed by atoms with Crippen molar-refractivity contribution in [1.82, 2.24) is 0 Å². The summed E-state index contributed by atoms with van der Waals surface area (Å²) in [5, 5.41) is 0. The molecular weight excluding hydrogens is 154 g/mol. The maximum absolute atomic E-state index is 11.0. The Kier molecular flexibility index (Phi) is 4.24. The van der Waals surface area contributed by atoms with E-state index in [1.807, 2.05) is 0 Å². The van der Waals surface area contributed by atoms with Crippen molar-refractivity contribution in [3.63, 3.8) is 0 Å². The first-order valence-electron chi connectivity index (χ1n) is 4.18. The number of ether oxygens (including phenoxy) is 1. The molecule has 1 unspecified atom stereocenters. The molecule has 3 heteroatoms. The average molecular weight is 173 g/mol. The Hall–Kier alpha value is -0.570. The number of carbonyl (C=O) groups excluding carboxylic acids is 1. The zero-order valence-corrected chi connectivity index (χ0v) is 8.39. The van der Waals surface area contributed by atoms with E-state index in [0.29, 0.717) is 13.0 Å². The summed E-state index contributed by atoms with van der Waals surface area (Å²) in [5.41, 5.74) is 5.63. The van der Waals surface area contributed by atoms with E-state index in [4.69, 9.17) is 5.73 Å². The third kappa shape index (κ3) is 3.72. The molecule has 0 spiro atoms. The van der Waals surface area contributed by atoms with Crippen LogP contribution in [-0.4, -0.2) is 19.6 Å². The van der Waals surface area contributed by atoms with Crippen molar-refractivity contribution < 1.29 is 9.53 Å². The second kappa shape index (κ2) is 4.45. The Labute approximate surface area is 74.3 Å². The standard InChI is InChI=1S/C9H19NO2/c1-9(2,3)7(6-10)5-8(11)12-4/h7H,5-6,10H2,1-4H3. The van der Waals surface area contributed by atoms with Crippen LogP contribution in [0.4, 0.5) is 0 Å². The van der Waals surface area contributed by atoms with Gasteiger partial charge in [0, 0.05) is 0 Å². The highest BCUT2D eigenvalue weighted by atomic mass is 16.5. The minimum absolute atomic E-state index is 0.0724. The van der Waals surface area contributed by atoms with Crippen LogP contribution in [0.1, 0.15) is 27.2 Å². The van der Waals surface area contributed by atoms with Gasteiger partial charge in [0.1, 0.15) is 0 Å². The van der Waals surface area contributed by atoms with Crippen molar-refractivity contribution in [2.75, 3.05) is 13.7 Å². The number of hydrogen-bond donors (Lipinski definition) is 1. The molecule has 3 nitrogen and oxygen atoms in total. The second-order valence-electron chi connectivity index (χ2n) is 4.08. The predicted molar refractivity (Wildman–Crippen MR) is 48.6 cm³/mol. The molecule has 0 aromatic rings. The Bertz CT molecular complexity index is 149. The quantitative estimate of drug-likeness (QED) is 0.652. The van der Waals surface area contributed by atoms with E-state index >= 15 is 0 Å². The van der Waals surface area contributed by atoms with Gasteiger partial charge < -0.3 is 10.5 Å². The molecule has 0 fully saturated rings. The fourth-order valence-electron chi connectivity index (χ4n) is 1.03. The molecule has 12 heavy (non-hydrogen) atoms. The zero-order chi connectivity index (χ0) is 9.78. The van der Waals surface area contributed by atoms with Crippen molar-refractivity contribution in [2.45, 2.75) is 27.2 Å². The highest BCUT2D eigenvalue weighted by molar-refractivity contribution is 5.69. The van der Waals surface area contributed by atoms with Crippen molar-refractivity contribution in [3.05, 3.63) is 0 Å². The number of hydrogen-bond acceptors (Lipinski definition) is 3. The minimum atomic E-state index is -0.180. The van der Waals surface area contributed by atoms with Crippen LogP contribution in [-0.2, 0) is 9.53 Å². The van der Waals surface area contributed by atoms with Gasteiger partial charge in [-0.2, -0.15) is 0 Å². The topological polar surface area (TPSA) is 52.3 Å². The van der Waals surface area contributed by atoms with E-state index in [1.54, 1.807) is 0 Å². The summed E-state index contributed by atoms with van der Waals surface area (Å²) in [6, 6.07) is 0. The summed E-state index contributed by atoms with van der Waals surface area (Å²) < 4.78 is 4.58. The van der Waals surface area contributed by atoms with E-state index in [-0.39, 0.29) is 17.3 Å². The van der Waals surface area contributed by atoms with Crippen LogP contribution in [0.2, 0.25) is 0 Å². The van der Waals surface area contributed by atoms with Gasteiger partial charge in [-0.25, -0.2) is 0 Å². The molecule has 0 radical (unpaired) electrons.